The van der Waals surface area contributed by atoms with Crippen LogP contribution in [0.15, 0.2) is 95.2 Å². The topological polar surface area (TPSA) is 129 Å². The van der Waals surface area contributed by atoms with Gasteiger partial charge in [-0.15, -0.1) is 0 Å². The third-order valence-electron chi connectivity index (χ3n) is 10.6. The van der Waals surface area contributed by atoms with Crippen molar-refractivity contribution in [2.75, 3.05) is 34.5 Å². The maximum atomic E-state index is 13.7. The standard InChI is InChI=1S/C45H42N4O8/c1-53-35-13-11-30(12-14-35)32-18-34-24-47-39-22-43(41(55-3)20-37(39)45(52)49(34)26-32)57-16-6-4-5-15-56-42-21-38-36(19-40(42)54-2)44(51)48-25-31(17-33(48)23-46-38)29-9-7-28(27-50)8-10-29/h7-14,19-27,33-34H,4-6,15-18H2,1-3H3. The van der Waals surface area contributed by atoms with Gasteiger partial charge in [0, 0.05) is 55.4 Å². The Balaban J connectivity index is 0.847. The Morgan fingerprint density at radius 3 is 1.53 bits per heavy atom. The molecule has 0 spiro atoms. The molecule has 2 amide bonds. The number of amides is 2. The summed E-state index contributed by atoms with van der Waals surface area (Å²) >= 11 is 0. The Bertz CT molecular complexity index is 2330. The highest BCUT2D eigenvalue weighted by Gasteiger charge is 2.35. The van der Waals surface area contributed by atoms with Crippen LogP contribution in [-0.4, -0.2) is 87.0 Å². The Kier molecular flexibility index (Phi) is 10.6. The predicted molar refractivity (Wildman–Crippen MR) is 217 cm³/mol. The Morgan fingerprint density at radius 2 is 1.09 bits per heavy atom. The van der Waals surface area contributed by atoms with Crippen molar-refractivity contribution in [2.24, 2.45) is 9.98 Å². The number of aldehydes is 1. The number of benzene rings is 4. The van der Waals surface area contributed by atoms with E-state index >= 15 is 0 Å². The molecule has 12 nitrogen and oxygen atoms in total. The van der Waals surface area contributed by atoms with Crippen molar-refractivity contribution in [1.29, 1.82) is 0 Å². The van der Waals surface area contributed by atoms with Crippen molar-refractivity contribution in [2.45, 2.75) is 44.2 Å². The van der Waals surface area contributed by atoms with Gasteiger partial charge in [-0.1, -0.05) is 36.4 Å². The highest BCUT2D eigenvalue weighted by Crippen LogP contribution is 2.42. The molecule has 0 aliphatic carbocycles. The number of carbonyl (C=O) groups excluding carboxylic acids is 3. The number of methoxy groups -OCH3 is 3. The number of unbranched alkanes of at least 4 members (excludes halogenated alkanes) is 2. The third-order valence-corrected chi connectivity index (χ3v) is 10.6. The van der Waals surface area contributed by atoms with Gasteiger partial charge in [-0.25, -0.2) is 0 Å². The maximum Gasteiger partial charge on any atom is 0.260 e. The average Bonchev–Trinajstić information content (AvgIpc) is 3.83. The molecule has 4 heterocycles. The van der Waals surface area contributed by atoms with E-state index in [1.807, 2.05) is 55.0 Å². The summed E-state index contributed by atoms with van der Waals surface area (Å²) in [4.78, 5) is 51.3. The number of fused-ring (bicyclic) bond motifs is 4. The average molecular weight is 767 g/mol. The molecule has 8 rings (SSSR count). The minimum Gasteiger partial charge on any atom is -0.497 e. The second-order valence-electron chi connectivity index (χ2n) is 14.1. The van der Waals surface area contributed by atoms with E-state index in [9.17, 15) is 14.4 Å². The molecule has 2 atom stereocenters. The molecule has 0 fully saturated rings. The zero-order chi connectivity index (χ0) is 39.5. The minimum absolute atomic E-state index is 0.142. The molecule has 0 radical (unpaired) electrons. The molecule has 2 unspecified atom stereocenters. The van der Waals surface area contributed by atoms with Crippen LogP contribution in [0, 0.1) is 0 Å². The van der Waals surface area contributed by atoms with Crippen molar-refractivity contribution < 1.29 is 38.1 Å². The van der Waals surface area contributed by atoms with E-state index in [4.69, 9.17) is 28.7 Å². The van der Waals surface area contributed by atoms with Gasteiger partial charge in [0.25, 0.3) is 11.8 Å². The summed E-state index contributed by atoms with van der Waals surface area (Å²) in [6.07, 6.45) is 11.8. The van der Waals surface area contributed by atoms with Crippen LogP contribution in [0.2, 0.25) is 0 Å². The van der Waals surface area contributed by atoms with Crippen LogP contribution in [0.1, 0.15) is 74.3 Å². The molecule has 0 N–H and O–H groups in total. The Hall–Kier alpha value is -6.69. The lowest BCUT2D eigenvalue weighted by atomic mass is 10.0. The van der Waals surface area contributed by atoms with E-state index in [1.54, 1.807) is 73.7 Å². The number of hydrogen-bond acceptors (Lipinski definition) is 10. The van der Waals surface area contributed by atoms with Crippen LogP contribution in [0.5, 0.6) is 28.7 Å². The summed E-state index contributed by atoms with van der Waals surface area (Å²) in [6.45, 7) is 0.869. The second kappa shape index (κ2) is 16.2. The van der Waals surface area contributed by atoms with Gasteiger partial charge < -0.3 is 33.5 Å². The number of carbonyl (C=O) groups is 3. The molecular formula is C45H42N4O8. The first-order valence-corrected chi connectivity index (χ1v) is 18.9. The van der Waals surface area contributed by atoms with Gasteiger partial charge in [-0.3, -0.25) is 24.4 Å². The van der Waals surface area contributed by atoms with E-state index in [-0.39, 0.29) is 23.9 Å². The minimum atomic E-state index is -0.223. The van der Waals surface area contributed by atoms with Crippen LogP contribution in [0.25, 0.3) is 11.1 Å². The van der Waals surface area contributed by atoms with Gasteiger partial charge in [0.15, 0.2) is 23.0 Å². The summed E-state index contributed by atoms with van der Waals surface area (Å²) < 4.78 is 28.8. The first-order chi connectivity index (χ1) is 27.9. The van der Waals surface area contributed by atoms with Crippen molar-refractivity contribution in [3.05, 3.63) is 113 Å². The van der Waals surface area contributed by atoms with Gasteiger partial charge in [0.1, 0.15) is 12.0 Å². The maximum absolute atomic E-state index is 13.7. The first kappa shape index (κ1) is 37.2. The van der Waals surface area contributed by atoms with Crippen molar-refractivity contribution >= 4 is 53.1 Å². The van der Waals surface area contributed by atoms with Gasteiger partial charge in [0.2, 0.25) is 0 Å². The molecule has 4 aromatic rings. The third kappa shape index (κ3) is 7.50. The van der Waals surface area contributed by atoms with Crippen LogP contribution >= 0.6 is 0 Å². The summed E-state index contributed by atoms with van der Waals surface area (Å²) in [5.74, 6) is 2.44. The molecule has 4 aromatic carbocycles. The van der Waals surface area contributed by atoms with Crippen LogP contribution in [-0.2, 0) is 0 Å². The summed E-state index contributed by atoms with van der Waals surface area (Å²) in [5, 5.41) is 0. The number of aliphatic imine (C=N–C) groups is 2. The fourth-order valence-electron chi connectivity index (χ4n) is 7.47. The highest BCUT2D eigenvalue weighted by atomic mass is 16.5. The smallest absolute Gasteiger partial charge is 0.260 e. The number of nitrogens with zero attached hydrogens (tertiary/aromatic N) is 4. The predicted octanol–water partition coefficient (Wildman–Crippen LogP) is 8.10. The molecular weight excluding hydrogens is 725 g/mol. The summed E-state index contributed by atoms with van der Waals surface area (Å²) in [6, 6.07) is 21.7. The van der Waals surface area contributed by atoms with Crippen LogP contribution < -0.4 is 23.7 Å². The largest absolute Gasteiger partial charge is 0.497 e. The fraction of sp³-hybridized carbons (Fsp3) is 0.267. The number of ether oxygens (including phenoxy) is 5. The Morgan fingerprint density at radius 1 is 0.614 bits per heavy atom. The molecule has 0 saturated heterocycles. The SMILES string of the molecule is COc1ccc(C2=CN3C(=O)c4cc(OC)c(OCCCCCOc5cc6c(cc5OC)C(=O)N5C=C(c7ccc(C=O)cc7)CC5C=N6)cc4N=CC3C2)cc1. The van der Waals surface area contributed by atoms with Gasteiger partial charge in [0.05, 0.1) is 69.1 Å². The van der Waals surface area contributed by atoms with Gasteiger partial charge in [-0.05, 0) is 65.8 Å². The normalized spacial score (nSPS) is 17.7. The summed E-state index contributed by atoms with van der Waals surface area (Å²) in [7, 11) is 4.75. The van der Waals surface area contributed by atoms with Crippen molar-refractivity contribution in [3.63, 3.8) is 0 Å². The summed E-state index contributed by atoms with van der Waals surface area (Å²) in [5.41, 5.74) is 6.62. The molecule has 0 aromatic heterocycles. The number of rotatable bonds is 14. The second-order valence-corrected chi connectivity index (χ2v) is 14.1. The van der Waals surface area contributed by atoms with E-state index in [0.29, 0.717) is 77.1 Å². The zero-order valence-electron chi connectivity index (χ0n) is 32.0. The molecule has 290 valence electrons. The molecule has 4 aliphatic rings. The van der Waals surface area contributed by atoms with Gasteiger partial charge in [-0.2, -0.15) is 0 Å². The lowest BCUT2D eigenvalue weighted by molar-refractivity contribution is 0.0809. The Labute approximate surface area is 330 Å². The van der Waals surface area contributed by atoms with E-state index in [2.05, 4.69) is 4.99 Å². The first-order valence-electron chi connectivity index (χ1n) is 18.9. The monoisotopic (exact) mass is 766 g/mol. The van der Waals surface area contributed by atoms with Crippen molar-refractivity contribution in [1.82, 2.24) is 9.80 Å². The molecule has 0 bridgehead atoms. The number of hydrogen-bond donors (Lipinski definition) is 0. The van der Waals surface area contributed by atoms with E-state index in [1.165, 1.54) is 0 Å². The molecule has 12 heteroatoms. The van der Waals surface area contributed by atoms with E-state index in [0.717, 1.165) is 53.6 Å². The highest BCUT2D eigenvalue weighted by molar-refractivity contribution is 6.06. The van der Waals surface area contributed by atoms with Gasteiger partial charge >= 0.3 is 0 Å². The quantitative estimate of drug-likeness (QED) is 0.0931. The van der Waals surface area contributed by atoms with Crippen molar-refractivity contribution in [3.8, 4) is 28.7 Å². The van der Waals surface area contributed by atoms with Crippen LogP contribution in [0.3, 0.4) is 0 Å². The van der Waals surface area contributed by atoms with Crippen LogP contribution in [0.4, 0.5) is 11.4 Å². The molecule has 4 aliphatic heterocycles. The fourth-order valence-corrected chi connectivity index (χ4v) is 7.47. The van der Waals surface area contributed by atoms with E-state index < -0.39 is 0 Å². The lowest BCUT2D eigenvalue weighted by Gasteiger charge is -2.19. The molecule has 57 heavy (non-hydrogen) atoms. The lowest BCUT2D eigenvalue weighted by Crippen LogP contribution is -2.32. The molecule has 0 saturated carbocycles. The zero-order valence-corrected chi connectivity index (χ0v) is 32.0.